The number of halogens is 1. The Morgan fingerprint density at radius 2 is 2.04 bits per heavy atom. The number of fused-ring (bicyclic) bond motifs is 1. The molecule has 4 nitrogen and oxygen atoms in total. The minimum atomic E-state index is -0.384. The predicted molar refractivity (Wildman–Crippen MR) is 107 cm³/mol. The predicted octanol–water partition coefficient (Wildman–Crippen LogP) is 4.60. The van der Waals surface area contributed by atoms with Gasteiger partial charge >= 0.3 is 0 Å². The van der Waals surface area contributed by atoms with Crippen molar-refractivity contribution in [1.82, 2.24) is 9.55 Å². The maximum absolute atomic E-state index is 12.8. The summed E-state index contributed by atoms with van der Waals surface area (Å²) in [5, 5.41) is 1.03. The van der Waals surface area contributed by atoms with Gasteiger partial charge in [0.1, 0.15) is 0 Å². The average Bonchev–Trinajstić information content (AvgIpc) is 2.65. The summed E-state index contributed by atoms with van der Waals surface area (Å²) in [6.45, 7) is 5.83. The molecule has 0 fully saturated rings. The SMILES string of the molecule is C=CCn1c(SC(C)C(=O)c2ccccc2)nc2ccc(Cl)cc2c1=O. The molecule has 1 heterocycles. The summed E-state index contributed by atoms with van der Waals surface area (Å²) in [4.78, 5) is 30.0. The summed E-state index contributed by atoms with van der Waals surface area (Å²) in [5.74, 6) is -0.00814. The Bertz CT molecular complexity index is 1030. The molecule has 0 aliphatic rings. The number of hydrogen-bond donors (Lipinski definition) is 0. The zero-order chi connectivity index (χ0) is 18.7. The van der Waals surface area contributed by atoms with Crippen molar-refractivity contribution < 1.29 is 4.79 Å². The van der Waals surface area contributed by atoms with Crippen molar-refractivity contribution in [2.75, 3.05) is 0 Å². The van der Waals surface area contributed by atoms with Gasteiger partial charge in [-0.15, -0.1) is 6.58 Å². The monoisotopic (exact) mass is 384 g/mol. The first-order valence-electron chi connectivity index (χ1n) is 8.08. The van der Waals surface area contributed by atoms with E-state index in [2.05, 4.69) is 11.6 Å². The van der Waals surface area contributed by atoms with Crippen molar-refractivity contribution in [2.45, 2.75) is 23.9 Å². The number of nitrogens with zero attached hydrogens (tertiary/aromatic N) is 2. The molecule has 0 radical (unpaired) electrons. The molecule has 0 N–H and O–H groups in total. The summed E-state index contributed by atoms with van der Waals surface area (Å²) in [7, 11) is 0. The van der Waals surface area contributed by atoms with Gasteiger partial charge in [0.25, 0.3) is 5.56 Å². The first-order valence-corrected chi connectivity index (χ1v) is 9.34. The molecule has 0 bridgehead atoms. The summed E-state index contributed by atoms with van der Waals surface area (Å²) < 4.78 is 1.52. The van der Waals surface area contributed by atoms with Crippen molar-refractivity contribution in [2.24, 2.45) is 0 Å². The van der Waals surface area contributed by atoms with Crippen LogP contribution in [0.4, 0.5) is 0 Å². The van der Waals surface area contributed by atoms with E-state index in [1.165, 1.54) is 16.3 Å². The van der Waals surface area contributed by atoms with E-state index in [0.29, 0.717) is 33.2 Å². The number of hydrogen-bond acceptors (Lipinski definition) is 4. The number of thioether (sulfide) groups is 1. The van der Waals surface area contributed by atoms with Gasteiger partial charge in [0.05, 0.1) is 16.2 Å². The number of rotatable bonds is 6. The van der Waals surface area contributed by atoms with Gasteiger partial charge in [-0.1, -0.05) is 59.8 Å². The summed E-state index contributed by atoms with van der Waals surface area (Å²) in [6, 6.07) is 14.1. The van der Waals surface area contributed by atoms with Crippen molar-refractivity contribution in [3.8, 4) is 0 Å². The van der Waals surface area contributed by atoms with Crippen LogP contribution in [0.3, 0.4) is 0 Å². The van der Waals surface area contributed by atoms with Crippen molar-refractivity contribution in [1.29, 1.82) is 0 Å². The minimum absolute atomic E-state index is 0.00814. The van der Waals surface area contributed by atoms with E-state index < -0.39 is 0 Å². The molecule has 0 saturated carbocycles. The molecule has 1 aromatic heterocycles. The van der Waals surface area contributed by atoms with Crippen LogP contribution in [0.25, 0.3) is 10.9 Å². The summed E-state index contributed by atoms with van der Waals surface area (Å²) in [5.41, 5.74) is 0.999. The second-order valence-corrected chi connectivity index (χ2v) is 7.50. The zero-order valence-corrected chi connectivity index (χ0v) is 15.8. The normalized spacial score (nSPS) is 12.1. The highest BCUT2D eigenvalue weighted by Crippen LogP contribution is 2.25. The van der Waals surface area contributed by atoms with Gasteiger partial charge in [0.15, 0.2) is 10.9 Å². The fourth-order valence-electron chi connectivity index (χ4n) is 2.60. The molecular formula is C20H17ClN2O2S. The van der Waals surface area contributed by atoms with Gasteiger partial charge < -0.3 is 0 Å². The van der Waals surface area contributed by atoms with Crippen LogP contribution < -0.4 is 5.56 Å². The highest BCUT2D eigenvalue weighted by molar-refractivity contribution is 8.00. The Hall–Kier alpha value is -2.37. The molecule has 1 unspecified atom stereocenters. The molecule has 0 aliphatic carbocycles. The highest BCUT2D eigenvalue weighted by atomic mass is 35.5. The minimum Gasteiger partial charge on any atom is -0.293 e. The zero-order valence-electron chi connectivity index (χ0n) is 14.2. The van der Waals surface area contributed by atoms with Crippen molar-refractivity contribution in [3.63, 3.8) is 0 Å². The summed E-state index contributed by atoms with van der Waals surface area (Å²) >= 11 is 7.28. The largest absolute Gasteiger partial charge is 0.293 e. The molecular weight excluding hydrogens is 368 g/mol. The van der Waals surface area contributed by atoms with Crippen LogP contribution in [0.15, 0.2) is 71.1 Å². The van der Waals surface area contributed by atoms with Crippen LogP contribution in [0.1, 0.15) is 17.3 Å². The Kier molecular flexibility index (Phi) is 5.59. The molecule has 0 amide bonds. The van der Waals surface area contributed by atoms with Gasteiger partial charge in [-0.3, -0.25) is 14.2 Å². The molecule has 1 atom stereocenters. The highest BCUT2D eigenvalue weighted by Gasteiger charge is 2.20. The van der Waals surface area contributed by atoms with Gasteiger partial charge in [-0.2, -0.15) is 0 Å². The number of carbonyl (C=O) groups is 1. The Morgan fingerprint density at radius 3 is 2.73 bits per heavy atom. The van der Waals surface area contributed by atoms with E-state index >= 15 is 0 Å². The number of allylic oxidation sites excluding steroid dienone is 1. The number of ketones is 1. The number of Topliss-reactive ketones (excluding diaryl/α,β-unsaturated/α-hetero) is 1. The van der Waals surface area contributed by atoms with E-state index in [1.54, 1.807) is 36.4 Å². The number of carbonyl (C=O) groups excluding carboxylic acids is 1. The molecule has 3 aromatic rings. The third kappa shape index (κ3) is 3.74. The van der Waals surface area contributed by atoms with Crippen LogP contribution in [-0.4, -0.2) is 20.6 Å². The lowest BCUT2D eigenvalue weighted by Crippen LogP contribution is -2.24. The lowest BCUT2D eigenvalue weighted by Gasteiger charge is -2.15. The fourth-order valence-corrected chi connectivity index (χ4v) is 3.77. The van der Waals surface area contributed by atoms with Crippen LogP contribution in [0, 0.1) is 0 Å². The first kappa shape index (κ1) is 18.4. The Morgan fingerprint density at radius 1 is 1.31 bits per heavy atom. The maximum Gasteiger partial charge on any atom is 0.262 e. The molecule has 26 heavy (non-hydrogen) atoms. The van der Waals surface area contributed by atoms with Gasteiger partial charge in [-0.25, -0.2) is 4.98 Å². The van der Waals surface area contributed by atoms with Crippen molar-refractivity contribution >= 4 is 40.0 Å². The first-order chi connectivity index (χ1) is 12.5. The van der Waals surface area contributed by atoms with E-state index in [1.807, 2.05) is 25.1 Å². The standard InChI is InChI=1S/C20H17ClN2O2S/c1-3-11-23-19(25)16-12-15(21)9-10-17(16)22-20(23)26-13(2)18(24)14-7-5-4-6-8-14/h3-10,12-13H,1,11H2,2H3. The lowest BCUT2D eigenvalue weighted by atomic mass is 10.1. The maximum atomic E-state index is 12.8. The second-order valence-electron chi connectivity index (χ2n) is 5.75. The van der Waals surface area contributed by atoms with Gasteiger partial charge in [0, 0.05) is 17.1 Å². The number of aromatic nitrogens is 2. The molecule has 2 aromatic carbocycles. The van der Waals surface area contributed by atoms with Gasteiger partial charge in [-0.05, 0) is 25.1 Å². The van der Waals surface area contributed by atoms with Crippen LogP contribution in [0.2, 0.25) is 5.02 Å². The van der Waals surface area contributed by atoms with E-state index in [4.69, 9.17) is 11.6 Å². The van der Waals surface area contributed by atoms with Crippen LogP contribution >= 0.6 is 23.4 Å². The molecule has 0 saturated heterocycles. The molecule has 3 rings (SSSR count). The van der Waals surface area contributed by atoms with E-state index in [9.17, 15) is 9.59 Å². The summed E-state index contributed by atoms with van der Waals surface area (Å²) in [6.07, 6.45) is 1.63. The average molecular weight is 385 g/mol. The number of benzene rings is 2. The Labute approximate surface area is 160 Å². The molecule has 0 aliphatic heterocycles. The van der Waals surface area contributed by atoms with E-state index in [0.717, 1.165) is 0 Å². The van der Waals surface area contributed by atoms with Crippen LogP contribution in [-0.2, 0) is 6.54 Å². The molecule has 132 valence electrons. The van der Waals surface area contributed by atoms with Crippen molar-refractivity contribution in [3.05, 3.63) is 82.1 Å². The van der Waals surface area contributed by atoms with Gasteiger partial charge in [0.2, 0.25) is 0 Å². The topological polar surface area (TPSA) is 52.0 Å². The van der Waals surface area contributed by atoms with Crippen LogP contribution in [0.5, 0.6) is 0 Å². The second kappa shape index (κ2) is 7.89. The molecule has 6 heteroatoms. The quantitative estimate of drug-likeness (QED) is 0.270. The molecule has 0 spiro atoms. The lowest BCUT2D eigenvalue weighted by molar-refractivity contribution is 0.0994. The fraction of sp³-hybridized carbons (Fsp3) is 0.150. The third-order valence-electron chi connectivity index (χ3n) is 3.90. The van der Waals surface area contributed by atoms with E-state index in [-0.39, 0.29) is 16.6 Å². The Balaban J connectivity index is 2.02. The third-order valence-corrected chi connectivity index (χ3v) is 5.23. The smallest absolute Gasteiger partial charge is 0.262 e.